The van der Waals surface area contributed by atoms with Crippen molar-refractivity contribution in [2.75, 3.05) is 0 Å². The summed E-state index contributed by atoms with van der Waals surface area (Å²) in [6.07, 6.45) is 0.366. The highest BCUT2D eigenvalue weighted by atomic mass is 16.6. The van der Waals surface area contributed by atoms with Crippen LogP contribution in [0.2, 0.25) is 0 Å². The normalized spacial score (nSPS) is 11.2. The molecule has 94 valence electrons. The maximum Gasteiger partial charge on any atom is 0.276 e. The molecule has 0 fully saturated rings. The van der Waals surface area contributed by atoms with Crippen LogP contribution in [-0.4, -0.2) is 15.0 Å². The van der Waals surface area contributed by atoms with Gasteiger partial charge in [-0.2, -0.15) is 0 Å². The molecule has 0 aliphatic heterocycles. The molecule has 0 spiro atoms. The zero-order valence-corrected chi connectivity index (χ0v) is 9.85. The van der Waals surface area contributed by atoms with Crippen molar-refractivity contribution in [2.24, 2.45) is 0 Å². The summed E-state index contributed by atoms with van der Waals surface area (Å²) in [5.74, 6) is 5.22. The molecular formula is C14H10N2O3. The van der Waals surface area contributed by atoms with Crippen LogP contribution in [0.5, 0.6) is 0 Å². The Morgan fingerprint density at radius 2 is 1.95 bits per heavy atom. The van der Waals surface area contributed by atoms with E-state index in [-0.39, 0.29) is 11.3 Å². The van der Waals surface area contributed by atoms with E-state index in [0.29, 0.717) is 5.69 Å². The van der Waals surface area contributed by atoms with Crippen LogP contribution in [0.1, 0.15) is 17.4 Å². The van der Waals surface area contributed by atoms with Crippen molar-refractivity contribution in [2.45, 2.75) is 6.10 Å². The Morgan fingerprint density at radius 1 is 1.21 bits per heavy atom. The Balaban J connectivity index is 2.29. The number of nitro benzene ring substituents is 1. The lowest BCUT2D eigenvalue weighted by Crippen LogP contribution is -2.00. The largest absolute Gasteiger partial charge is 0.376 e. The molecule has 1 aromatic heterocycles. The summed E-state index contributed by atoms with van der Waals surface area (Å²) in [5, 5.41) is 20.7. The number of aromatic nitrogens is 1. The van der Waals surface area contributed by atoms with Gasteiger partial charge >= 0.3 is 0 Å². The molecule has 5 heteroatoms. The lowest BCUT2D eigenvalue weighted by atomic mass is 10.1. The minimum Gasteiger partial charge on any atom is -0.376 e. The van der Waals surface area contributed by atoms with Gasteiger partial charge in [0.2, 0.25) is 0 Å². The molecule has 1 atom stereocenters. The molecule has 0 amide bonds. The fourth-order valence-electron chi connectivity index (χ4n) is 1.54. The molecule has 0 aliphatic carbocycles. The van der Waals surface area contributed by atoms with Gasteiger partial charge in [0.1, 0.15) is 11.8 Å². The molecule has 1 unspecified atom stereocenters. The van der Waals surface area contributed by atoms with Crippen LogP contribution in [0.15, 0.2) is 48.7 Å². The number of hydrogen-bond donors (Lipinski definition) is 1. The average Bonchev–Trinajstić information content (AvgIpc) is 2.46. The minimum atomic E-state index is -1.22. The zero-order chi connectivity index (χ0) is 13.7. The average molecular weight is 254 g/mol. The van der Waals surface area contributed by atoms with Crippen molar-refractivity contribution < 1.29 is 10.0 Å². The maximum absolute atomic E-state index is 10.8. The van der Waals surface area contributed by atoms with Crippen LogP contribution >= 0.6 is 0 Å². The van der Waals surface area contributed by atoms with E-state index >= 15 is 0 Å². The molecular weight excluding hydrogens is 244 g/mol. The van der Waals surface area contributed by atoms with Crippen molar-refractivity contribution in [3.8, 4) is 11.8 Å². The Morgan fingerprint density at radius 3 is 2.63 bits per heavy atom. The number of para-hydroxylation sites is 1. The third kappa shape index (κ3) is 3.15. The van der Waals surface area contributed by atoms with E-state index < -0.39 is 11.0 Å². The first-order valence-corrected chi connectivity index (χ1v) is 5.52. The van der Waals surface area contributed by atoms with Crippen LogP contribution in [0.3, 0.4) is 0 Å². The molecule has 19 heavy (non-hydrogen) atoms. The summed E-state index contributed by atoms with van der Waals surface area (Å²) in [5.41, 5.74) is 0.529. The first kappa shape index (κ1) is 12.7. The summed E-state index contributed by atoms with van der Waals surface area (Å²) in [7, 11) is 0. The van der Waals surface area contributed by atoms with Crippen LogP contribution in [-0.2, 0) is 0 Å². The Hall–Kier alpha value is -2.71. The number of rotatable bonds is 2. The number of nitrogens with zero attached hydrogens (tertiary/aromatic N) is 2. The molecule has 1 aromatic carbocycles. The van der Waals surface area contributed by atoms with Gasteiger partial charge in [-0.3, -0.25) is 10.1 Å². The van der Waals surface area contributed by atoms with E-state index in [2.05, 4.69) is 16.8 Å². The maximum atomic E-state index is 10.8. The second-order valence-corrected chi connectivity index (χ2v) is 3.70. The SMILES string of the molecule is O=[N+]([O-])c1ccccc1C(O)C#Cc1ccccn1. The van der Waals surface area contributed by atoms with Gasteiger partial charge in [-0.1, -0.05) is 24.1 Å². The zero-order valence-electron chi connectivity index (χ0n) is 9.85. The second-order valence-electron chi connectivity index (χ2n) is 3.70. The minimum absolute atomic E-state index is 0.148. The van der Waals surface area contributed by atoms with Crippen LogP contribution in [0, 0.1) is 22.0 Å². The third-order valence-corrected chi connectivity index (χ3v) is 2.43. The first-order valence-electron chi connectivity index (χ1n) is 5.52. The van der Waals surface area contributed by atoms with E-state index in [1.165, 1.54) is 12.1 Å². The molecule has 1 N–H and O–H groups in total. The molecule has 2 aromatic rings. The molecule has 0 radical (unpaired) electrons. The molecule has 2 rings (SSSR count). The number of nitro groups is 1. The van der Waals surface area contributed by atoms with E-state index in [4.69, 9.17) is 0 Å². The summed E-state index contributed by atoms with van der Waals surface area (Å²) < 4.78 is 0. The number of benzene rings is 1. The van der Waals surface area contributed by atoms with Gasteiger partial charge in [-0.05, 0) is 24.1 Å². The smallest absolute Gasteiger partial charge is 0.276 e. The van der Waals surface area contributed by atoms with Crippen molar-refractivity contribution in [3.05, 3.63) is 70.0 Å². The van der Waals surface area contributed by atoms with Crippen LogP contribution in [0.25, 0.3) is 0 Å². The Kier molecular flexibility index (Phi) is 3.86. The quantitative estimate of drug-likeness (QED) is 0.505. The fraction of sp³-hybridized carbons (Fsp3) is 0.0714. The van der Waals surface area contributed by atoms with Crippen LogP contribution in [0.4, 0.5) is 5.69 Å². The highest BCUT2D eigenvalue weighted by Crippen LogP contribution is 2.24. The van der Waals surface area contributed by atoms with E-state index in [1.54, 1.807) is 36.5 Å². The predicted octanol–water partition coefficient (Wildman–Crippen LogP) is 2.07. The van der Waals surface area contributed by atoms with Gasteiger partial charge in [0.05, 0.1) is 10.5 Å². The third-order valence-electron chi connectivity index (χ3n) is 2.43. The van der Waals surface area contributed by atoms with Crippen molar-refractivity contribution in [1.29, 1.82) is 0 Å². The number of aliphatic hydroxyl groups is 1. The summed E-state index contributed by atoms with van der Waals surface area (Å²) in [4.78, 5) is 14.3. The Labute approximate surface area is 109 Å². The molecule has 0 aliphatic rings. The van der Waals surface area contributed by atoms with Gasteiger partial charge in [-0.25, -0.2) is 4.98 Å². The summed E-state index contributed by atoms with van der Waals surface area (Å²) >= 11 is 0. The van der Waals surface area contributed by atoms with Gasteiger partial charge < -0.3 is 5.11 Å². The lowest BCUT2D eigenvalue weighted by Gasteiger charge is -2.03. The standard InChI is InChI=1S/C14H10N2O3/c17-14(9-8-11-5-3-4-10-15-11)12-6-1-2-7-13(12)16(18)19/h1-7,10,14,17H. The number of hydrogen-bond acceptors (Lipinski definition) is 4. The van der Waals surface area contributed by atoms with Gasteiger partial charge in [0, 0.05) is 12.3 Å². The molecule has 1 heterocycles. The van der Waals surface area contributed by atoms with E-state index in [9.17, 15) is 15.2 Å². The second kappa shape index (κ2) is 5.76. The predicted molar refractivity (Wildman–Crippen MR) is 69.2 cm³/mol. The van der Waals surface area contributed by atoms with Crippen molar-refractivity contribution >= 4 is 5.69 Å². The molecule has 0 saturated heterocycles. The van der Waals surface area contributed by atoms with Gasteiger partial charge in [0.15, 0.2) is 0 Å². The van der Waals surface area contributed by atoms with Gasteiger partial charge in [-0.15, -0.1) is 0 Å². The molecule has 0 bridgehead atoms. The molecule has 0 saturated carbocycles. The topological polar surface area (TPSA) is 76.3 Å². The summed E-state index contributed by atoms with van der Waals surface area (Å²) in [6.45, 7) is 0. The highest BCUT2D eigenvalue weighted by Gasteiger charge is 2.17. The fourth-order valence-corrected chi connectivity index (χ4v) is 1.54. The first-order chi connectivity index (χ1) is 9.18. The number of aliphatic hydroxyl groups excluding tert-OH is 1. The van der Waals surface area contributed by atoms with Crippen LogP contribution < -0.4 is 0 Å². The van der Waals surface area contributed by atoms with Crippen molar-refractivity contribution in [3.63, 3.8) is 0 Å². The van der Waals surface area contributed by atoms with E-state index in [1.807, 2.05) is 0 Å². The highest BCUT2D eigenvalue weighted by molar-refractivity contribution is 5.45. The van der Waals surface area contributed by atoms with E-state index in [0.717, 1.165) is 0 Å². The number of pyridine rings is 1. The van der Waals surface area contributed by atoms with Crippen molar-refractivity contribution in [1.82, 2.24) is 4.98 Å². The lowest BCUT2D eigenvalue weighted by molar-refractivity contribution is -0.386. The summed E-state index contributed by atoms with van der Waals surface area (Å²) in [6, 6.07) is 11.2. The molecule has 5 nitrogen and oxygen atoms in total. The Bertz CT molecular complexity index is 644. The monoisotopic (exact) mass is 254 g/mol. The van der Waals surface area contributed by atoms with Gasteiger partial charge in [0.25, 0.3) is 5.69 Å².